The molecule has 0 aliphatic heterocycles. The lowest BCUT2D eigenvalue weighted by atomic mass is 9.80. The average Bonchev–Trinajstić information content (AvgIpc) is 2.75. The second kappa shape index (κ2) is 9.86. The Kier molecular flexibility index (Phi) is 7.35. The van der Waals surface area contributed by atoms with E-state index in [1.807, 2.05) is 0 Å². The Bertz CT molecular complexity index is 1130. The van der Waals surface area contributed by atoms with E-state index < -0.39 is 34.7 Å². The van der Waals surface area contributed by atoms with Crippen LogP contribution in [0.2, 0.25) is 0 Å². The van der Waals surface area contributed by atoms with Gasteiger partial charge in [0.1, 0.15) is 10.9 Å². The number of halogens is 1. The van der Waals surface area contributed by atoms with Crippen LogP contribution in [-0.4, -0.2) is 61.5 Å². The van der Waals surface area contributed by atoms with Crippen LogP contribution in [0.3, 0.4) is 0 Å². The summed E-state index contributed by atoms with van der Waals surface area (Å²) in [5, 5.41) is 39.3. The van der Waals surface area contributed by atoms with E-state index in [1.54, 1.807) is 14.0 Å². The van der Waals surface area contributed by atoms with Gasteiger partial charge in [0.05, 0.1) is 22.4 Å². The van der Waals surface area contributed by atoms with Crippen LogP contribution >= 0.6 is 11.8 Å². The monoisotopic (exact) mass is 475 g/mol. The van der Waals surface area contributed by atoms with E-state index in [2.05, 4.69) is 10.3 Å². The maximum absolute atomic E-state index is 13.1. The van der Waals surface area contributed by atoms with Crippen molar-refractivity contribution in [1.82, 2.24) is 15.2 Å². The molecule has 0 radical (unpaired) electrons. The highest BCUT2D eigenvalue weighted by Gasteiger charge is 2.49. The van der Waals surface area contributed by atoms with Crippen molar-refractivity contribution >= 4 is 27.8 Å². The number of aromatic nitrogens is 1. The lowest BCUT2D eigenvalue weighted by molar-refractivity contribution is -0.0737. The van der Waals surface area contributed by atoms with Crippen molar-refractivity contribution in [2.24, 2.45) is 0 Å². The standard InChI is InChI=1S/C22H26FN5O4S/c1-3-28(22(26-2)9-14(29)10-22)21(32)17-19(31)18(30)15(11-27-17)20(25)33-16(24)8-12-4-6-13(23)7-5-12/h4-7,11,14,24-26,29,31H,3,8-10H2,1-2H3,(H,27,30). The quantitative estimate of drug-likeness (QED) is 0.205. The largest absolute Gasteiger partial charge is 0.503 e. The number of amides is 1. The van der Waals surface area contributed by atoms with Crippen LogP contribution in [0.4, 0.5) is 4.39 Å². The van der Waals surface area contributed by atoms with E-state index in [4.69, 9.17) is 10.8 Å². The number of aliphatic hydroxyl groups is 1. The Morgan fingerprint density at radius 3 is 2.52 bits per heavy atom. The Hall–Kier alpha value is -3.02. The fourth-order valence-electron chi connectivity index (χ4n) is 3.91. The third kappa shape index (κ3) is 5.00. The summed E-state index contributed by atoms with van der Waals surface area (Å²) in [7, 11) is 1.67. The third-order valence-corrected chi connectivity index (χ3v) is 6.52. The van der Waals surface area contributed by atoms with Gasteiger partial charge in [-0.05, 0) is 31.7 Å². The van der Waals surface area contributed by atoms with E-state index in [-0.39, 0.29) is 34.3 Å². The molecule has 33 heavy (non-hydrogen) atoms. The van der Waals surface area contributed by atoms with Crippen molar-refractivity contribution in [2.75, 3.05) is 13.6 Å². The Labute approximate surface area is 194 Å². The third-order valence-electron chi connectivity index (χ3n) is 5.71. The van der Waals surface area contributed by atoms with Crippen molar-refractivity contribution in [3.05, 3.63) is 63.3 Å². The molecule has 176 valence electrons. The lowest BCUT2D eigenvalue weighted by Crippen LogP contribution is -2.68. The van der Waals surface area contributed by atoms with Crippen LogP contribution in [-0.2, 0) is 6.42 Å². The summed E-state index contributed by atoms with van der Waals surface area (Å²) in [4.78, 5) is 29.9. The van der Waals surface area contributed by atoms with Crippen molar-refractivity contribution in [3.63, 3.8) is 0 Å². The van der Waals surface area contributed by atoms with Gasteiger partial charge in [-0.1, -0.05) is 23.9 Å². The average molecular weight is 476 g/mol. The first-order valence-corrected chi connectivity index (χ1v) is 11.2. The fourth-order valence-corrected chi connectivity index (χ4v) is 4.65. The number of carbonyl (C=O) groups excluding carboxylic acids is 1. The fraction of sp³-hybridized carbons (Fsp3) is 0.364. The first kappa shape index (κ1) is 24.6. The molecule has 9 nitrogen and oxygen atoms in total. The molecule has 0 saturated heterocycles. The van der Waals surface area contributed by atoms with E-state index in [0.717, 1.165) is 11.8 Å². The molecule has 1 fully saturated rings. The topological polar surface area (TPSA) is 153 Å². The van der Waals surface area contributed by atoms with Crippen molar-refractivity contribution < 1.29 is 19.4 Å². The van der Waals surface area contributed by atoms with Gasteiger partial charge in [-0.25, -0.2) is 4.39 Å². The zero-order chi connectivity index (χ0) is 24.3. The predicted molar refractivity (Wildman–Crippen MR) is 125 cm³/mol. The molecule has 2 aromatic rings. The second-order valence-corrected chi connectivity index (χ2v) is 8.91. The van der Waals surface area contributed by atoms with E-state index in [0.29, 0.717) is 18.4 Å². The molecule has 3 rings (SSSR count). The number of carbonyl (C=O) groups is 1. The molecule has 1 amide bonds. The number of aromatic hydroxyl groups is 1. The second-order valence-electron chi connectivity index (χ2n) is 7.81. The van der Waals surface area contributed by atoms with Crippen LogP contribution in [0.5, 0.6) is 5.75 Å². The molecule has 1 aliphatic rings. The molecule has 1 aromatic carbocycles. The summed E-state index contributed by atoms with van der Waals surface area (Å²) < 4.78 is 13.0. The van der Waals surface area contributed by atoms with Crippen LogP contribution < -0.4 is 10.7 Å². The Morgan fingerprint density at radius 1 is 1.33 bits per heavy atom. The van der Waals surface area contributed by atoms with Crippen molar-refractivity contribution in [3.8, 4) is 5.75 Å². The normalized spacial score (nSPS) is 19.6. The van der Waals surface area contributed by atoms with Gasteiger partial charge in [0.25, 0.3) is 5.91 Å². The molecule has 0 spiro atoms. The maximum atomic E-state index is 13.1. The summed E-state index contributed by atoms with van der Waals surface area (Å²) in [5.41, 5.74) is -1.47. The molecule has 0 unspecified atom stereocenters. The van der Waals surface area contributed by atoms with E-state index in [9.17, 15) is 24.2 Å². The molecule has 0 atom stereocenters. The number of benzene rings is 1. The highest BCUT2D eigenvalue weighted by atomic mass is 32.2. The summed E-state index contributed by atoms with van der Waals surface area (Å²) in [6, 6.07) is 5.62. The zero-order valence-electron chi connectivity index (χ0n) is 18.2. The van der Waals surface area contributed by atoms with E-state index in [1.165, 1.54) is 35.4 Å². The number of hydrogen-bond acceptors (Lipinski definition) is 8. The van der Waals surface area contributed by atoms with Gasteiger partial charge < -0.3 is 20.1 Å². The number of aliphatic hydroxyl groups excluding tert-OH is 1. The maximum Gasteiger partial charge on any atom is 0.275 e. The Morgan fingerprint density at radius 2 is 1.97 bits per heavy atom. The first-order valence-electron chi connectivity index (χ1n) is 10.3. The summed E-state index contributed by atoms with van der Waals surface area (Å²) in [5.74, 6) is -1.81. The van der Waals surface area contributed by atoms with Crippen LogP contribution in [0.15, 0.2) is 35.3 Å². The van der Waals surface area contributed by atoms with Gasteiger partial charge in [-0.15, -0.1) is 0 Å². The molecule has 11 heteroatoms. The molecule has 1 saturated carbocycles. The van der Waals surface area contributed by atoms with Crippen molar-refractivity contribution in [1.29, 1.82) is 10.8 Å². The minimum absolute atomic E-state index is 0.0577. The lowest BCUT2D eigenvalue weighted by Gasteiger charge is -2.52. The van der Waals surface area contributed by atoms with Crippen LogP contribution in [0.1, 0.15) is 41.4 Å². The van der Waals surface area contributed by atoms with Gasteiger partial charge >= 0.3 is 0 Å². The van der Waals surface area contributed by atoms with Gasteiger partial charge in [0, 0.05) is 32.0 Å². The molecule has 6 N–H and O–H groups in total. The number of nitrogens with zero attached hydrogens (tertiary/aromatic N) is 1. The number of hydrogen-bond donors (Lipinski definition) is 6. The number of rotatable bonds is 7. The Balaban J connectivity index is 1.77. The minimum atomic E-state index is -0.896. The summed E-state index contributed by atoms with van der Waals surface area (Å²) >= 11 is 0.729. The summed E-state index contributed by atoms with van der Waals surface area (Å²) in [6.07, 6.45) is 1.42. The minimum Gasteiger partial charge on any atom is -0.503 e. The number of pyridine rings is 1. The highest BCUT2D eigenvalue weighted by Crippen LogP contribution is 2.36. The number of nitrogens with one attached hydrogen (secondary N) is 4. The van der Waals surface area contributed by atoms with Crippen LogP contribution in [0, 0.1) is 16.6 Å². The zero-order valence-corrected chi connectivity index (χ0v) is 19.1. The molecule has 0 bridgehead atoms. The number of H-pyrrole nitrogens is 1. The SMILES string of the molecule is CCN(C(=O)c1[nH]cc(C(=N)SC(=N)Cc2ccc(F)cc2)c(=O)c1O)C1(NC)CC(O)C1. The molecule has 1 heterocycles. The van der Waals surface area contributed by atoms with Gasteiger partial charge in [0.15, 0.2) is 11.4 Å². The predicted octanol–water partition coefficient (Wildman–Crippen LogP) is 2.03. The highest BCUT2D eigenvalue weighted by molar-refractivity contribution is 8.26. The number of thioether (sulfide) groups is 1. The number of aromatic amines is 1. The van der Waals surface area contributed by atoms with Gasteiger partial charge in [-0.3, -0.25) is 25.7 Å². The summed E-state index contributed by atoms with van der Waals surface area (Å²) in [6.45, 7) is 2.03. The van der Waals surface area contributed by atoms with Gasteiger partial charge in [-0.2, -0.15) is 0 Å². The molecule has 1 aliphatic carbocycles. The van der Waals surface area contributed by atoms with Gasteiger partial charge in [0.2, 0.25) is 5.43 Å². The molecular formula is C22H26FN5O4S. The molecule has 1 aromatic heterocycles. The smallest absolute Gasteiger partial charge is 0.275 e. The van der Waals surface area contributed by atoms with E-state index >= 15 is 0 Å². The van der Waals surface area contributed by atoms with Crippen LogP contribution in [0.25, 0.3) is 0 Å². The van der Waals surface area contributed by atoms with Crippen molar-refractivity contribution in [2.45, 2.75) is 38.0 Å². The first-order chi connectivity index (χ1) is 15.6. The molecular weight excluding hydrogens is 449 g/mol.